The molecule has 0 fully saturated rings. The van der Waals surface area contributed by atoms with Gasteiger partial charge in [0, 0.05) is 7.11 Å². The summed E-state index contributed by atoms with van der Waals surface area (Å²) in [5, 5.41) is 8.64. The maximum Gasteiger partial charge on any atom is 0.0614 e. The highest BCUT2D eigenvalue weighted by Gasteiger charge is 2.04. The highest BCUT2D eigenvalue weighted by atomic mass is 16.5. The van der Waals surface area contributed by atoms with Crippen molar-refractivity contribution in [2.24, 2.45) is 0 Å². The Kier molecular flexibility index (Phi) is 7.65. The van der Waals surface area contributed by atoms with Crippen LogP contribution in [0.5, 0.6) is 0 Å². The van der Waals surface area contributed by atoms with Crippen LogP contribution in [0, 0.1) is 0 Å². The molecule has 76 valence electrons. The molecule has 0 unspecified atom stereocenters. The van der Waals surface area contributed by atoms with Gasteiger partial charge in [-0.15, -0.1) is 6.58 Å². The van der Waals surface area contributed by atoms with Crippen LogP contribution in [0.4, 0.5) is 0 Å². The van der Waals surface area contributed by atoms with E-state index < -0.39 is 0 Å². The summed E-state index contributed by atoms with van der Waals surface area (Å²) in [6.45, 7) is 5.83. The molecule has 0 heterocycles. The van der Waals surface area contributed by atoms with Gasteiger partial charge in [-0.2, -0.15) is 0 Å². The van der Waals surface area contributed by atoms with Gasteiger partial charge < -0.3 is 9.84 Å². The third-order valence-corrected chi connectivity index (χ3v) is 2.06. The fourth-order valence-electron chi connectivity index (χ4n) is 1.16. The number of allylic oxidation sites excluding steroid dienone is 1. The summed E-state index contributed by atoms with van der Waals surface area (Å²) < 4.78 is 5.26. The van der Waals surface area contributed by atoms with Gasteiger partial charge in [-0.05, 0) is 26.2 Å². The molecule has 0 aliphatic heterocycles. The van der Waals surface area contributed by atoms with Crippen LogP contribution in [0.1, 0.15) is 26.2 Å². The van der Waals surface area contributed by atoms with Crippen molar-refractivity contribution in [3.05, 3.63) is 24.3 Å². The topological polar surface area (TPSA) is 29.5 Å². The Morgan fingerprint density at radius 1 is 1.62 bits per heavy atom. The lowest BCUT2D eigenvalue weighted by atomic mass is 10.1. The Hall–Kier alpha value is -0.600. The van der Waals surface area contributed by atoms with E-state index in [0.29, 0.717) is 0 Å². The number of methoxy groups -OCH3 is 1. The molecule has 0 aromatic rings. The fourth-order valence-corrected chi connectivity index (χ4v) is 1.16. The Morgan fingerprint density at radius 3 is 2.77 bits per heavy atom. The van der Waals surface area contributed by atoms with Crippen LogP contribution in [-0.4, -0.2) is 24.9 Å². The molecular formula is C11H20O2. The van der Waals surface area contributed by atoms with Crippen molar-refractivity contribution in [3.8, 4) is 0 Å². The van der Waals surface area contributed by atoms with Gasteiger partial charge in [-0.3, -0.25) is 0 Å². The smallest absolute Gasteiger partial charge is 0.0614 e. The van der Waals surface area contributed by atoms with E-state index in [2.05, 4.69) is 6.58 Å². The molecule has 0 spiro atoms. The van der Waals surface area contributed by atoms with E-state index in [-0.39, 0.29) is 12.7 Å². The molecule has 1 N–H and O–H groups in total. The summed E-state index contributed by atoms with van der Waals surface area (Å²) in [5.41, 5.74) is 1.22. The third kappa shape index (κ3) is 6.55. The minimum Gasteiger partial charge on any atom is -0.392 e. The predicted octanol–water partition coefficient (Wildman–Crippen LogP) is 2.30. The molecule has 0 aliphatic rings. The van der Waals surface area contributed by atoms with Crippen molar-refractivity contribution in [2.75, 3.05) is 13.7 Å². The van der Waals surface area contributed by atoms with Crippen LogP contribution >= 0.6 is 0 Å². The van der Waals surface area contributed by atoms with Crippen LogP contribution < -0.4 is 0 Å². The minimum absolute atomic E-state index is 0.130. The summed E-state index contributed by atoms with van der Waals surface area (Å²) >= 11 is 0. The standard InChI is InChI=1S/C11H20O2/c1-4-5-11(13-3)7-6-10(2)8-9-12/h4,8,11-12H,1,5-7,9H2,2-3H3/b10-8+/t11-/m0/s1. The summed E-state index contributed by atoms with van der Waals surface area (Å²) in [4.78, 5) is 0. The Labute approximate surface area is 80.9 Å². The van der Waals surface area contributed by atoms with Crippen molar-refractivity contribution in [2.45, 2.75) is 32.3 Å². The molecule has 0 radical (unpaired) electrons. The first-order valence-corrected chi connectivity index (χ1v) is 4.64. The van der Waals surface area contributed by atoms with Crippen LogP contribution in [0.3, 0.4) is 0 Å². The SMILES string of the molecule is C=CC[C@@H](CC/C(C)=C/CO)OC. The van der Waals surface area contributed by atoms with E-state index in [9.17, 15) is 0 Å². The largest absolute Gasteiger partial charge is 0.392 e. The molecule has 2 nitrogen and oxygen atoms in total. The highest BCUT2D eigenvalue weighted by Crippen LogP contribution is 2.11. The number of hydrogen-bond acceptors (Lipinski definition) is 2. The average molecular weight is 184 g/mol. The predicted molar refractivity (Wildman–Crippen MR) is 55.7 cm³/mol. The molecule has 0 aromatic heterocycles. The maximum atomic E-state index is 8.64. The van der Waals surface area contributed by atoms with E-state index in [4.69, 9.17) is 9.84 Å². The molecule has 0 saturated carbocycles. The zero-order chi connectivity index (χ0) is 10.1. The molecule has 0 aromatic carbocycles. The second-order valence-corrected chi connectivity index (χ2v) is 3.15. The molecule has 2 heteroatoms. The number of ether oxygens (including phenoxy) is 1. The van der Waals surface area contributed by atoms with Crippen LogP contribution in [0.2, 0.25) is 0 Å². The van der Waals surface area contributed by atoms with Crippen LogP contribution in [-0.2, 0) is 4.74 Å². The monoisotopic (exact) mass is 184 g/mol. The van der Waals surface area contributed by atoms with Crippen molar-refractivity contribution >= 4 is 0 Å². The Bertz CT molecular complexity index is 161. The molecule has 1 atom stereocenters. The van der Waals surface area contributed by atoms with Gasteiger partial charge in [-0.1, -0.05) is 17.7 Å². The van der Waals surface area contributed by atoms with E-state index in [1.807, 2.05) is 19.1 Å². The van der Waals surface area contributed by atoms with Gasteiger partial charge in [0.2, 0.25) is 0 Å². The van der Waals surface area contributed by atoms with E-state index >= 15 is 0 Å². The van der Waals surface area contributed by atoms with Crippen molar-refractivity contribution in [1.29, 1.82) is 0 Å². The summed E-state index contributed by atoms with van der Waals surface area (Å²) in [7, 11) is 1.72. The summed E-state index contributed by atoms with van der Waals surface area (Å²) in [6, 6.07) is 0. The second-order valence-electron chi connectivity index (χ2n) is 3.15. The molecule has 0 saturated heterocycles. The zero-order valence-electron chi connectivity index (χ0n) is 8.62. The van der Waals surface area contributed by atoms with Gasteiger partial charge >= 0.3 is 0 Å². The second kappa shape index (κ2) is 8.02. The quantitative estimate of drug-likeness (QED) is 0.615. The summed E-state index contributed by atoms with van der Waals surface area (Å²) in [5.74, 6) is 0. The number of rotatable bonds is 7. The lowest BCUT2D eigenvalue weighted by molar-refractivity contribution is 0.0980. The Balaban J connectivity index is 3.70. The van der Waals surface area contributed by atoms with Gasteiger partial charge in [0.1, 0.15) is 0 Å². The number of hydrogen-bond donors (Lipinski definition) is 1. The first-order valence-electron chi connectivity index (χ1n) is 4.64. The van der Waals surface area contributed by atoms with E-state index in [0.717, 1.165) is 19.3 Å². The number of aliphatic hydroxyl groups excluding tert-OH is 1. The van der Waals surface area contributed by atoms with E-state index in [1.54, 1.807) is 7.11 Å². The number of aliphatic hydroxyl groups is 1. The molecular weight excluding hydrogens is 164 g/mol. The third-order valence-electron chi connectivity index (χ3n) is 2.06. The van der Waals surface area contributed by atoms with Crippen molar-refractivity contribution in [1.82, 2.24) is 0 Å². The van der Waals surface area contributed by atoms with Crippen LogP contribution in [0.15, 0.2) is 24.3 Å². The molecule has 0 rings (SSSR count). The minimum atomic E-state index is 0.130. The lowest BCUT2D eigenvalue weighted by Gasteiger charge is -2.12. The fraction of sp³-hybridized carbons (Fsp3) is 0.636. The first-order chi connectivity index (χ1) is 6.24. The molecule has 13 heavy (non-hydrogen) atoms. The molecule has 0 aliphatic carbocycles. The Morgan fingerprint density at radius 2 is 2.31 bits per heavy atom. The van der Waals surface area contributed by atoms with E-state index in [1.165, 1.54) is 5.57 Å². The van der Waals surface area contributed by atoms with Crippen LogP contribution in [0.25, 0.3) is 0 Å². The summed E-state index contributed by atoms with van der Waals surface area (Å²) in [6.07, 6.45) is 6.83. The van der Waals surface area contributed by atoms with Gasteiger partial charge in [0.15, 0.2) is 0 Å². The molecule has 0 bridgehead atoms. The molecule has 0 amide bonds. The zero-order valence-corrected chi connectivity index (χ0v) is 8.62. The average Bonchev–Trinajstić information content (AvgIpc) is 2.12. The van der Waals surface area contributed by atoms with Crippen molar-refractivity contribution in [3.63, 3.8) is 0 Å². The normalized spacial score (nSPS) is 14.2. The van der Waals surface area contributed by atoms with Gasteiger partial charge in [0.05, 0.1) is 12.7 Å². The lowest BCUT2D eigenvalue weighted by Crippen LogP contribution is -2.09. The first kappa shape index (κ1) is 12.4. The maximum absolute atomic E-state index is 8.64. The van der Waals surface area contributed by atoms with Gasteiger partial charge in [0.25, 0.3) is 0 Å². The van der Waals surface area contributed by atoms with Gasteiger partial charge in [-0.25, -0.2) is 0 Å². The highest BCUT2D eigenvalue weighted by molar-refractivity contribution is 4.98. The van der Waals surface area contributed by atoms with Crippen molar-refractivity contribution < 1.29 is 9.84 Å².